The number of ether oxygens (including phenoxy) is 3. The zero-order valence-corrected chi connectivity index (χ0v) is 16.3. The van der Waals surface area contributed by atoms with Crippen molar-refractivity contribution in [3.05, 3.63) is 18.2 Å². The number of sulfonamides is 1. The lowest BCUT2D eigenvalue weighted by Crippen LogP contribution is -2.53. The van der Waals surface area contributed by atoms with E-state index in [1.165, 1.54) is 16.4 Å². The number of likely N-dealkylation sites (N-methyl/N-ethyl adjacent to an activating group) is 1. The number of amides is 2. The van der Waals surface area contributed by atoms with E-state index < -0.39 is 28.1 Å². The molecular weight excluding hydrogens is 390 g/mol. The predicted molar refractivity (Wildman–Crippen MR) is 97.4 cm³/mol. The second-order valence-electron chi connectivity index (χ2n) is 6.17. The molecule has 1 aromatic rings. The molecule has 0 unspecified atom stereocenters. The molecule has 1 atom stereocenters. The zero-order chi connectivity index (χ0) is 20.1. The average Bonchev–Trinajstić information content (AvgIpc) is 2.72. The fraction of sp³-hybridized carbons (Fsp3) is 0.529. The van der Waals surface area contributed by atoms with Crippen molar-refractivity contribution in [2.24, 2.45) is 0 Å². The fourth-order valence-corrected chi connectivity index (χ4v) is 4.50. The van der Waals surface area contributed by atoms with Gasteiger partial charge in [-0.3, -0.25) is 9.59 Å². The Morgan fingerprint density at radius 1 is 1.11 bits per heavy atom. The minimum atomic E-state index is -3.90. The highest BCUT2D eigenvalue weighted by atomic mass is 32.2. The Morgan fingerprint density at radius 2 is 1.82 bits per heavy atom. The van der Waals surface area contributed by atoms with E-state index >= 15 is 0 Å². The van der Waals surface area contributed by atoms with Crippen LogP contribution in [0.1, 0.15) is 13.3 Å². The van der Waals surface area contributed by atoms with Gasteiger partial charge in [-0.05, 0) is 25.5 Å². The summed E-state index contributed by atoms with van der Waals surface area (Å²) in [6, 6.07) is 4.42. The second-order valence-corrected chi connectivity index (χ2v) is 8.06. The molecule has 2 heterocycles. The van der Waals surface area contributed by atoms with Crippen LogP contribution in [-0.2, 0) is 24.3 Å². The average molecular weight is 413 g/mol. The lowest BCUT2D eigenvalue weighted by molar-refractivity contribution is -0.140. The summed E-state index contributed by atoms with van der Waals surface area (Å²) in [5, 5.41) is 4.79. The van der Waals surface area contributed by atoms with E-state index in [2.05, 4.69) is 10.6 Å². The summed E-state index contributed by atoms with van der Waals surface area (Å²) in [5.41, 5.74) is 0. The smallest absolute Gasteiger partial charge is 0.309 e. The lowest BCUT2D eigenvalue weighted by atomic mass is 10.3. The van der Waals surface area contributed by atoms with Gasteiger partial charge in [0.05, 0.1) is 18.0 Å². The van der Waals surface area contributed by atoms with E-state index in [1.807, 2.05) is 0 Å². The summed E-state index contributed by atoms with van der Waals surface area (Å²) in [5.74, 6) is -0.760. The molecule has 0 spiro atoms. The van der Waals surface area contributed by atoms with Crippen LogP contribution in [0.15, 0.2) is 23.1 Å². The standard InChI is InChI=1S/C17H23N3O7S/c1-2-18-16(21)17(22)19-11-15-20(6-3-7-27-15)28(23,24)12-4-5-13-14(10-12)26-9-8-25-13/h4-5,10,15H,2-3,6-9,11H2,1H3,(H,18,21)(H,19,22)/t15-/m0/s1. The number of carbonyl (C=O) groups is 2. The molecule has 11 heteroatoms. The minimum Gasteiger partial charge on any atom is -0.486 e. The van der Waals surface area contributed by atoms with E-state index in [9.17, 15) is 18.0 Å². The van der Waals surface area contributed by atoms with Gasteiger partial charge in [0.2, 0.25) is 10.0 Å². The number of fused-ring (bicyclic) bond motifs is 1. The van der Waals surface area contributed by atoms with Gasteiger partial charge in [0.15, 0.2) is 11.5 Å². The van der Waals surface area contributed by atoms with Crippen molar-refractivity contribution in [1.29, 1.82) is 0 Å². The Kier molecular flexibility index (Phi) is 6.37. The third-order valence-corrected chi connectivity index (χ3v) is 6.14. The Labute approximate surface area is 163 Å². The molecule has 0 radical (unpaired) electrons. The molecule has 0 bridgehead atoms. The van der Waals surface area contributed by atoms with Gasteiger partial charge in [0.1, 0.15) is 19.4 Å². The fourth-order valence-electron chi connectivity index (χ4n) is 2.92. The molecule has 10 nitrogen and oxygen atoms in total. The van der Waals surface area contributed by atoms with Crippen molar-refractivity contribution in [2.45, 2.75) is 24.5 Å². The normalized spacial score (nSPS) is 19.7. The summed E-state index contributed by atoms with van der Waals surface area (Å²) < 4.78 is 43.9. The van der Waals surface area contributed by atoms with Gasteiger partial charge in [-0.1, -0.05) is 0 Å². The van der Waals surface area contributed by atoms with Gasteiger partial charge in [-0.2, -0.15) is 4.31 Å². The van der Waals surface area contributed by atoms with Crippen LogP contribution in [-0.4, -0.2) is 70.2 Å². The summed E-state index contributed by atoms with van der Waals surface area (Å²) in [6.45, 7) is 3.21. The highest BCUT2D eigenvalue weighted by molar-refractivity contribution is 7.89. The summed E-state index contributed by atoms with van der Waals surface area (Å²) in [6.07, 6.45) is -0.393. The van der Waals surface area contributed by atoms with Gasteiger partial charge >= 0.3 is 11.8 Å². The van der Waals surface area contributed by atoms with Crippen LogP contribution in [0.3, 0.4) is 0 Å². The first-order valence-corrected chi connectivity index (χ1v) is 10.5. The molecule has 3 rings (SSSR count). The monoisotopic (exact) mass is 413 g/mol. The van der Waals surface area contributed by atoms with Crippen LogP contribution in [0.4, 0.5) is 0 Å². The van der Waals surface area contributed by atoms with Crippen molar-refractivity contribution in [1.82, 2.24) is 14.9 Å². The van der Waals surface area contributed by atoms with Gasteiger partial charge < -0.3 is 24.8 Å². The van der Waals surface area contributed by atoms with E-state index in [-0.39, 0.29) is 18.0 Å². The van der Waals surface area contributed by atoms with E-state index in [4.69, 9.17) is 14.2 Å². The molecule has 28 heavy (non-hydrogen) atoms. The third-order valence-electron chi connectivity index (χ3n) is 4.26. The van der Waals surface area contributed by atoms with Crippen molar-refractivity contribution < 1.29 is 32.2 Å². The maximum absolute atomic E-state index is 13.1. The SMILES string of the molecule is CCNC(=O)C(=O)NC[C@@H]1OCCCN1S(=O)(=O)c1ccc2c(c1)OCCO2. The van der Waals surface area contributed by atoms with Crippen LogP contribution in [0, 0.1) is 0 Å². The Bertz CT molecular complexity index is 843. The van der Waals surface area contributed by atoms with Crippen molar-refractivity contribution >= 4 is 21.8 Å². The molecular formula is C17H23N3O7S. The molecule has 154 valence electrons. The maximum Gasteiger partial charge on any atom is 0.309 e. The van der Waals surface area contributed by atoms with Crippen molar-refractivity contribution in [2.75, 3.05) is 39.5 Å². The molecule has 2 aliphatic rings. The lowest BCUT2D eigenvalue weighted by Gasteiger charge is -2.34. The third kappa shape index (κ3) is 4.37. The largest absolute Gasteiger partial charge is 0.486 e. The number of nitrogens with one attached hydrogen (secondary N) is 2. The first kappa shape index (κ1) is 20.4. The zero-order valence-electron chi connectivity index (χ0n) is 15.5. The molecule has 0 aliphatic carbocycles. The molecule has 2 amide bonds. The number of rotatable bonds is 5. The van der Waals surface area contributed by atoms with E-state index in [0.29, 0.717) is 44.3 Å². The van der Waals surface area contributed by atoms with Crippen LogP contribution >= 0.6 is 0 Å². The molecule has 2 N–H and O–H groups in total. The van der Waals surface area contributed by atoms with Crippen LogP contribution < -0.4 is 20.1 Å². The van der Waals surface area contributed by atoms with Crippen LogP contribution in [0.2, 0.25) is 0 Å². The van der Waals surface area contributed by atoms with Crippen molar-refractivity contribution in [3.8, 4) is 11.5 Å². The topological polar surface area (TPSA) is 123 Å². The van der Waals surface area contributed by atoms with Gasteiger partial charge in [-0.25, -0.2) is 8.42 Å². The Balaban J connectivity index is 1.75. The number of benzene rings is 1. The van der Waals surface area contributed by atoms with Gasteiger partial charge in [0, 0.05) is 19.2 Å². The van der Waals surface area contributed by atoms with E-state index in [0.717, 1.165) is 0 Å². The van der Waals surface area contributed by atoms with Gasteiger partial charge in [-0.15, -0.1) is 0 Å². The number of hydrogen-bond donors (Lipinski definition) is 2. The van der Waals surface area contributed by atoms with Gasteiger partial charge in [0.25, 0.3) is 0 Å². The summed E-state index contributed by atoms with van der Waals surface area (Å²) in [4.78, 5) is 23.4. The molecule has 0 aromatic heterocycles. The molecule has 0 saturated carbocycles. The first-order chi connectivity index (χ1) is 13.4. The molecule has 2 aliphatic heterocycles. The van der Waals surface area contributed by atoms with Crippen LogP contribution in [0.25, 0.3) is 0 Å². The number of nitrogens with zero attached hydrogens (tertiary/aromatic N) is 1. The Morgan fingerprint density at radius 3 is 2.57 bits per heavy atom. The first-order valence-electron chi connectivity index (χ1n) is 9.02. The molecule has 1 fully saturated rings. The maximum atomic E-state index is 13.1. The highest BCUT2D eigenvalue weighted by Gasteiger charge is 2.35. The molecule has 1 saturated heterocycles. The summed E-state index contributed by atoms with van der Waals surface area (Å²) >= 11 is 0. The number of carbonyl (C=O) groups excluding carboxylic acids is 2. The van der Waals surface area contributed by atoms with E-state index in [1.54, 1.807) is 13.0 Å². The second kappa shape index (κ2) is 8.76. The highest BCUT2D eigenvalue weighted by Crippen LogP contribution is 2.33. The Hall–Kier alpha value is -2.37. The predicted octanol–water partition coefficient (Wildman–Crippen LogP) is -0.553. The van der Waals surface area contributed by atoms with Crippen molar-refractivity contribution in [3.63, 3.8) is 0 Å². The molecule has 1 aromatic carbocycles. The minimum absolute atomic E-state index is 0.0438. The summed E-state index contributed by atoms with van der Waals surface area (Å²) in [7, 11) is -3.90. The quantitative estimate of drug-likeness (QED) is 0.621. The number of hydrogen-bond acceptors (Lipinski definition) is 7. The van der Waals surface area contributed by atoms with Crippen LogP contribution in [0.5, 0.6) is 11.5 Å².